The Labute approximate surface area is 66.1 Å². The quantitative estimate of drug-likeness (QED) is 0.580. The second-order valence-electron chi connectivity index (χ2n) is 2.16. The molecule has 0 atom stereocenters. The van der Waals surface area contributed by atoms with Crippen LogP contribution in [-0.2, 0) is 0 Å². The average molecular weight is 153 g/mol. The maximum atomic E-state index is 5.52. The Morgan fingerprint density at radius 3 is 2.40 bits per heavy atom. The van der Waals surface area contributed by atoms with Crippen LogP contribution in [0.3, 0.4) is 0 Å². The van der Waals surface area contributed by atoms with Crippen LogP contribution in [0.2, 0.25) is 0 Å². The van der Waals surface area contributed by atoms with Gasteiger partial charge in [-0.05, 0) is 18.1 Å². The molecule has 1 aromatic carbocycles. The van der Waals surface area contributed by atoms with Gasteiger partial charge >= 0.3 is 0 Å². The van der Waals surface area contributed by atoms with E-state index in [1.54, 1.807) is 5.54 Å². The Balaban J connectivity index is 2.96. The maximum absolute atomic E-state index is 5.52. The maximum Gasteiger partial charge on any atom is 0.00777 e. The molecule has 1 aromatic rings. The molecular formula is C9H9Cl. The topological polar surface area (TPSA) is 0 Å². The molecule has 0 bridgehead atoms. The first-order valence-electron chi connectivity index (χ1n) is 3.17. The third-order valence-corrected chi connectivity index (χ3v) is 1.72. The summed E-state index contributed by atoms with van der Waals surface area (Å²) >= 11 is 5.52. The van der Waals surface area contributed by atoms with E-state index in [1.807, 2.05) is 37.3 Å². The van der Waals surface area contributed by atoms with Crippen molar-refractivity contribution in [2.45, 2.75) is 6.92 Å². The Hall–Kier alpha value is -0.750. The van der Waals surface area contributed by atoms with Crippen LogP contribution >= 0.6 is 11.6 Å². The van der Waals surface area contributed by atoms with E-state index in [9.17, 15) is 0 Å². The van der Waals surface area contributed by atoms with Crippen LogP contribution in [0.1, 0.15) is 12.5 Å². The molecular weight excluding hydrogens is 144 g/mol. The minimum atomic E-state index is 1.10. The lowest BCUT2D eigenvalue weighted by Gasteiger charge is -1.96. The molecule has 0 aliphatic rings. The first-order valence-corrected chi connectivity index (χ1v) is 3.60. The van der Waals surface area contributed by atoms with Crippen molar-refractivity contribution in [2.24, 2.45) is 0 Å². The van der Waals surface area contributed by atoms with Crippen molar-refractivity contribution < 1.29 is 0 Å². The Bertz CT molecular complexity index is 224. The molecule has 0 nitrogen and oxygen atoms in total. The summed E-state index contributed by atoms with van der Waals surface area (Å²) < 4.78 is 0. The number of hydrogen-bond donors (Lipinski definition) is 0. The second-order valence-corrected chi connectivity index (χ2v) is 2.38. The molecule has 0 fully saturated rings. The first kappa shape index (κ1) is 7.36. The summed E-state index contributed by atoms with van der Waals surface area (Å²) in [6.07, 6.45) is 0. The van der Waals surface area contributed by atoms with Crippen molar-refractivity contribution in [1.29, 1.82) is 0 Å². The molecule has 1 heteroatoms. The smallest absolute Gasteiger partial charge is 0.00777 e. The van der Waals surface area contributed by atoms with Crippen LogP contribution in [0, 0.1) is 0 Å². The number of rotatable bonds is 1. The van der Waals surface area contributed by atoms with Gasteiger partial charge in [-0.3, -0.25) is 0 Å². The lowest BCUT2D eigenvalue weighted by atomic mass is 10.1. The SMILES string of the molecule is C/C(=C\Cl)c1ccccc1. The van der Waals surface area contributed by atoms with Gasteiger partial charge in [0.2, 0.25) is 0 Å². The highest BCUT2D eigenvalue weighted by Crippen LogP contribution is 2.12. The number of allylic oxidation sites excluding steroid dienone is 1. The minimum Gasteiger partial charge on any atom is -0.0926 e. The predicted octanol–water partition coefficient (Wildman–Crippen LogP) is 3.29. The van der Waals surface area contributed by atoms with Gasteiger partial charge in [0.15, 0.2) is 0 Å². The highest BCUT2D eigenvalue weighted by Gasteiger charge is 1.89. The Morgan fingerprint density at radius 1 is 1.30 bits per heavy atom. The van der Waals surface area contributed by atoms with Gasteiger partial charge in [0.05, 0.1) is 0 Å². The fraction of sp³-hybridized carbons (Fsp3) is 0.111. The molecule has 0 saturated carbocycles. The van der Waals surface area contributed by atoms with E-state index in [0.29, 0.717) is 0 Å². The highest BCUT2D eigenvalue weighted by atomic mass is 35.5. The molecule has 52 valence electrons. The molecule has 10 heavy (non-hydrogen) atoms. The van der Waals surface area contributed by atoms with Crippen molar-refractivity contribution >= 4 is 17.2 Å². The summed E-state index contributed by atoms with van der Waals surface area (Å²) in [5.74, 6) is 0. The lowest BCUT2D eigenvalue weighted by Crippen LogP contribution is -1.74. The van der Waals surface area contributed by atoms with Crippen LogP contribution in [0.4, 0.5) is 0 Å². The fourth-order valence-corrected chi connectivity index (χ4v) is 0.890. The van der Waals surface area contributed by atoms with Gasteiger partial charge in [0.25, 0.3) is 0 Å². The van der Waals surface area contributed by atoms with E-state index in [0.717, 1.165) is 5.57 Å². The van der Waals surface area contributed by atoms with Crippen molar-refractivity contribution in [3.05, 3.63) is 41.4 Å². The van der Waals surface area contributed by atoms with Gasteiger partial charge in [0, 0.05) is 5.54 Å². The minimum absolute atomic E-state index is 1.10. The average Bonchev–Trinajstić information content (AvgIpc) is 2.05. The van der Waals surface area contributed by atoms with Gasteiger partial charge in [-0.1, -0.05) is 41.9 Å². The van der Waals surface area contributed by atoms with E-state index in [2.05, 4.69) is 0 Å². The number of benzene rings is 1. The van der Waals surface area contributed by atoms with Crippen LogP contribution in [0.5, 0.6) is 0 Å². The Morgan fingerprint density at radius 2 is 1.90 bits per heavy atom. The molecule has 0 N–H and O–H groups in total. The number of hydrogen-bond acceptors (Lipinski definition) is 0. The van der Waals surface area contributed by atoms with Crippen LogP contribution in [-0.4, -0.2) is 0 Å². The molecule has 0 aromatic heterocycles. The molecule has 0 amide bonds. The van der Waals surface area contributed by atoms with Gasteiger partial charge in [0.1, 0.15) is 0 Å². The molecule has 1 rings (SSSR count). The van der Waals surface area contributed by atoms with Gasteiger partial charge in [-0.25, -0.2) is 0 Å². The summed E-state index contributed by atoms with van der Waals surface area (Å²) in [7, 11) is 0. The van der Waals surface area contributed by atoms with E-state index < -0.39 is 0 Å². The molecule has 0 unspecified atom stereocenters. The normalized spacial score (nSPS) is 11.6. The molecule has 0 aliphatic carbocycles. The summed E-state index contributed by atoms with van der Waals surface area (Å²) in [6, 6.07) is 10.1. The number of halogens is 1. The molecule has 0 radical (unpaired) electrons. The van der Waals surface area contributed by atoms with Crippen LogP contribution in [0.15, 0.2) is 35.9 Å². The third kappa shape index (κ3) is 1.61. The van der Waals surface area contributed by atoms with Gasteiger partial charge in [-0.15, -0.1) is 0 Å². The van der Waals surface area contributed by atoms with Crippen molar-refractivity contribution in [1.82, 2.24) is 0 Å². The monoisotopic (exact) mass is 152 g/mol. The van der Waals surface area contributed by atoms with Gasteiger partial charge < -0.3 is 0 Å². The summed E-state index contributed by atoms with van der Waals surface area (Å²) in [5, 5.41) is 0. The lowest BCUT2D eigenvalue weighted by molar-refractivity contribution is 1.58. The summed E-state index contributed by atoms with van der Waals surface area (Å²) in [6.45, 7) is 1.99. The van der Waals surface area contributed by atoms with Crippen molar-refractivity contribution in [2.75, 3.05) is 0 Å². The summed E-state index contributed by atoms with van der Waals surface area (Å²) in [5.41, 5.74) is 3.87. The molecule has 0 aliphatic heterocycles. The summed E-state index contributed by atoms with van der Waals surface area (Å²) in [4.78, 5) is 0. The standard InChI is InChI=1S/C9H9Cl/c1-8(7-10)9-5-3-2-4-6-9/h2-7H,1H3/b8-7+. The van der Waals surface area contributed by atoms with E-state index >= 15 is 0 Å². The van der Waals surface area contributed by atoms with Gasteiger partial charge in [-0.2, -0.15) is 0 Å². The Kier molecular flexibility index (Phi) is 2.52. The third-order valence-electron chi connectivity index (χ3n) is 1.39. The van der Waals surface area contributed by atoms with E-state index in [1.165, 1.54) is 5.56 Å². The van der Waals surface area contributed by atoms with E-state index in [4.69, 9.17) is 11.6 Å². The largest absolute Gasteiger partial charge is 0.0926 e. The zero-order valence-electron chi connectivity index (χ0n) is 5.84. The zero-order valence-corrected chi connectivity index (χ0v) is 6.60. The second kappa shape index (κ2) is 3.43. The van der Waals surface area contributed by atoms with Crippen molar-refractivity contribution in [3.8, 4) is 0 Å². The first-order chi connectivity index (χ1) is 4.84. The molecule has 0 heterocycles. The van der Waals surface area contributed by atoms with Crippen LogP contribution < -0.4 is 0 Å². The highest BCUT2D eigenvalue weighted by molar-refractivity contribution is 6.28. The molecule has 0 spiro atoms. The predicted molar refractivity (Wildman–Crippen MR) is 45.9 cm³/mol. The molecule has 0 saturated heterocycles. The zero-order chi connectivity index (χ0) is 7.40. The fourth-order valence-electron chi connectivity index (χ4n) is 0.764. The van der Waals surface area contributed by atoms with E-state index in [-0.39, 0.29) is 0 Å². The van der Waals surface area contributed by atoms with Crippen molar-refractivity contribution in [3.63, 3.8) is 0 Å². The van der Waals surface area contributed by atoms with Crippen LogP contribution in [0.25, 0.3) is 5.57 Å².